The minimum Gasteiger partial charge on any atom is -0.394 e. The lowest BCUT2D eigenvalue weighted by atomic mass is 9.99. The molecule has 1 aliphatic heterocycles. The van der Waals surface area contributed by atoms with Crippen molar-refractivity contribution in [2.24, 2.45) is 0 Å². The van der Waals surface area contributed by atoms with Crippen LogP contribution in [0.15, 0.2) is 36.5 Å². The van der Waals surface area contributed by atoms with Crippen LogP contribution in [0.1, 0.15) is 438 Å². The van der Waals surface area contributed by atoms with E-state index in [1.54, 1.807) is 6.08 Å². The molecule has 0 saturated carbocycles. The van der Waals surface area contributed by atoms with Gasteiger partial charge < -0.3 is 40.3 Å². The van der Waals surface area contributed by atoms with Crippen LogP contribution in [0, 0.1) is 0 Å². The number of carbonyl (C=O) groups excluding carboxylic acids is 1. The number of aliphatic hydroxyl groups is 5. The van der Waals surface area contributed by atoms with E-state index in [0.29, 0.717) is 6.42 Å². The van der Waals surface area contributed by atoms with E-state index >= 15 is 0 Å². The molecule has 0 aromatic rings. The van der Waals surface area contributed by atoms with Crippen molar-refractivity contribution in [2.45, 2.75) is 480 Å². The Bertz CT molecular complexity index is 1570. The summed E-state index contributed by atoms with van der Waals surface area (Å²) in [6, 6.07) is -0.829. The summed E-state index contributed by atoms with van der Waals surface area (Å²) in [6.07, 6.45) is 93.3. The first-order valence-corrected chi connectivity index (χ1v) is 41.7. The zero-order valence-electron chi connectivity index (χ0n) is 62.0. The Morgan fingerprint density at radius 3 is 0.903 bits per heavy atom. The first-order valence-electron chi connectivity index (χ1n) is 41.7. The highest BCUT2D eigenvalue weighted by Crippen LogP contribution is 2.24. The van der Waals surface area contributed by atoms with Gasteiger partial charge in [-0.2, -0.15) is 0 Å². The van der Waals surface area contributed by atoms with Gasteiger partial charge in [0.05, 0.1) is 25.4 Å². The fourth-order valence-corrected chi connectivity index (χ4v) is 13.7. The molecule has 0 aromatic heterocycles. The van der Waals surface area contributed by atoms with Crippen molar-refractivity contribution in [1.82, 2.24) is 5.32 Å². The van der Waals surface area contributed by atoms with Crippen LogP contribution in [0.3, 0.4) is 0 Å². The molecule has 7 unspecified atom stereocenters. The maximum atomic E-state index is 13.2. The first-order chi connectivity index (χ1) is 45.8. The maximum Gasteiger partial charge on any atom is 0.220 e. The second-order valence-corrected chi connectivity index (χ2v) is 29.3. The van der Waals surface area contributed by atoms with E-state index in [-0.39, 0.29) is 12.5 Å². The van der Waals surface area contributed by atoms with Gasteiger partial charge in [-0.1, -0.05) is 423 Å². The number of unbranched alkanes of at least 4 members (excludes halogenated alkanes) is 61. The summed E-state index contributed by atoms with van der Waals surface area (Å²) in [7, 11) is 0. The summed E-state index contributed by atoms with van der Waals surface area (Å²) < 4.78 is 11.3. The summed E-state index contributed by atoms with van der Waals surface area (Å²) in [5.74, 6) is -0.181. The number of aliphatic hydroxyl groups excluding tert-OH is 5. The predicted molar refractivity (Wildman–Crippen MR) is 401 cm³/mol. The van der Waals surface area contributed by atoms with E-state index in [2.05, 4.69) is 43.5 Å². The molecule has 0 spiro atoms. The average molecular weight is 1310 g/mol. The summed E-state index contributed by atoms with van der Waals surface area (Å²) in [4.78, 5) is 13.2. The SMILES string of the molecule is CCCCCCCCCCCCCCCCCCCCC/C=C/CC/C=C/CC/C=C/C(O)C(COC1OC(CO)C(O)C(O)C1O)NC(=O)CCCCCCCCCCCCCCCCCCCCCCCCCCCCCCCCCCCCCCCCCCC. The molecule has 1 heterocycles. The van der Waals surface area contributed by atoms with E-state index in [0.717, 1.165) is 44.9 Å². The van der Waals surface area contributed by atoms with Gasteiger partial charge in [-0.05, 0) is 44.9 Å². The third kappa shape index (κ3) is 61.3. The number of hydrogen-bond donors (Lipinski definition) is 6. The molecular formula is C84H161NO8. The number of carbonyl (C=O) groups is 1. The van der Waals surface area contributed by atoms with Gasteiger partial charge in [0.25, 0.3) is 0 Å². The molecule has 0 bridgehead atoms. The minimum atomic E-state index is -1.58. The lowest BCUT2D eigenvalue weighted by Crippen LogP contribution is -2.60. The average Bonchev–Trinajstić information content (AvgIpc) is 0.961. The zero-order chi connectivity index (χ0) is 67.1. The Kier molecular flexibility index (Phi) is 70.3. The number of nitrogens with one attached hydrogen (secondary N) is 1. The topological polar surface area (TPSA) is 149 Å². The highest BCUT2D eigenvalue weighted by Gasteiger charge is 2.44. The molecule has 6 N–H and O–H groups in total. The lowest BCUT2D eigenvalue weighted by Gasteiger charge is -2.40. The number of rotatable bonds is 75. The van der Waals surface area contributed by atoms with E-state index < -0.39 is 49.5 Å². The van der Waals surface area contributed by atoms with Crippen molar-refractivity contribution >= 4 is 5.91 Å². The van der Waals surface area contributed by atoms with Crippen molar-refractivity contribution in [3.8, 4) is 0 Å². The van der Waals surface area contributed by atoms with Crippen LogP contribution < -0.4 is 5.32 Å². The monoisotopic (exact) mass is 1310 g/mol. The molecular weight excluding hydrogens is 1150 g/mol. The molecule has 1 aliphatic rings. The predicted octanol–water partition coefficient (Wildman–Crippen LogP) is 24.1. The molecule has 7 atom stereocenters. The van der Waals surface area contributed by atoms with Gasteiger partial charge in [0.15, 0.2) is 6.29 Å². The van der Waals surface area contributed by atoms with Crippen LogP contribution in [-0.4, -0.2) is 87.5 Å². The largest absolute Gasteiger partial charge is 0.394 e. The van der Waals surface area contributed by atoms with Crippen molar-refractivity contribution < 1.29 is 39.8 Å². The summed E-state index contributed by atoms with van der Waals surface area (Å²) in [5, 5.41) is 54.9. The fraction of sp³-hybridized carbons (Fsp3) is 0.917. The highest BCUT2D eigenvalue weighted by atomic mass is 16.7. The van der Waals surface area contributed by atoms with E-state index in [1.165, 1.54) is 372 Å². The Balaban J connectivity index is 2.05. The van der Waals surface area contributed by atoms with Gasteiger partial charge >= 0.3 is 0 Å². The van der Waals surface area contributed by atoms with Crippen LogP contribution in [-0.2, 0) is 14.3 Å². The molecule has 0 aliphatic carbocycles. The van der Waals surface area contributed by atoms with E-state index in [1.807, 2.05) is 6.08 Å². The Hall–Kier alpha value is -1.59. The number of ether oxygens (including phenoxy) is 2. The zero-order valence-corrected chi connectivity index (χ0v) is 62.0. The molecule has 1 rings (SSSR count). The second-order valence-electron chi connectivity index (χ2n) is 29.3. The van der Waals surface area contributed by atoms with Crippen molar-refractivity contribution in [1.29, 1.82) is 0 Å². The third-order valence-corrected chi connectivity index (χ3v) is 20.2. The third-order valence-electron chi connectivity index (χ3n) is 20.2. The van der Waals surface area contributed by atoms with Crippen molar-refractivity contribution in [3.63, 3.8) is 0 Å². The van der Waals surface area contributed by atoms with Crippen molar-refractivity contribution in [3.05, 3.63) is 36.5 Å². The van der Waals surface area contributed by atoms with Gasteiger partial charge in [-0.3, -0.25) is 4.79 Å². The Morgan fingerprint density at radius 2 is 0.613 bits per heavy atom. The van der Waals surface area contributed by atoms with E-state index in [9.17, 15) is 30.3 Å². The fourth-order valence-electron chi connectivity index (χ4n) is 13.7. The molecule has 9 nitrogen and oxygen atoms in total. The summed E-state index contributed by atoms with van der Waals surface area (Å²) in [6.45, 7) is 3.83. The van der Waals surface area contributed by atoms with Crippen molar-refractivity contribution in [2.75, 3.05) is 13.2 Å². The molecule has 0 radical (unpaired) electrons. The van der Waals surface area contributed by atoms with Gasteiger partial charge in [-0.15, -0.1) is 0 Å². The minimum absolute atomic E-state index is 0.181. The number of amides is 1. The Morgan fingerprint density at radius 1 is 0.355 bits per heavy atom. The quantitative estimate of drug-likeness (QED) is 0.0261. The molecule has 1 saturated heterocycles. The molecule has 93 heavy (non-hydrogen) atoms. The second kappa shape index (κ2) is 73.1. The van der Waals surface area contributed by atoms with Gasteiger partial charge in [-0.25, -0.2) is 0 Å². The van der Waals surface area contributed by atoms with Crippen LogP contribution in [0.4, 0.5) is 0 Å². The van der Waals surface area contributed by atoms with Crippen LogP contribution >= 0.6 is 0 Å². The van der Waals surface area contributed by atoms with E-state index in [4.69, 9.17) is 9.47 Å². The van der Waals surface area contributed by atoms with Gasteiger partial charge in [0.2, 0.25) is 5.91 Å². The summed E-state index contributed by atoms with van der Waals surface area (Å²) in [5.41, 5.74) is 0. The standard InChI is InChI=1S/C84H161NO8/c1-3-5-7-9-11-13-15-17-19-21-23-25-27-29-31-33-34-35-36-37-38-39-40-41-42-43-44-46-48-50-52-54-56-58-60-62-64-66-68-70-72-74-80(88)85-77(76-92-84-83(91)82(90)81(89)79(75-86)93-84)78(87)73-71-69-67-65-63-61-59-57-55-53-51-49-47-45-32-30-28-26-24-22-20-18-16-14-12-10-8-6-4-2/h55,57,63,65,71,73,77-79,81-84,86-87,89-91H,3-54,56,58-62,64,66-70,72,74-76H2,1-2H3,(H,85,88)/b57-55+,65-63+,73-71+. The Labute approximate surface area is 578 Å². The first kappa shape index (κ1) is 89.4. The smallest absolute Gasteiger partial charge is 0.220 e. The molecule has 550 valence electrons. The summed E-state index contributed by atoms with van der Waals surface area (Å²) >= 11 is 0. The highest BCUT2D eigenvalue weighted by molar-refractivity contribution is 5.76. The normalized spacial score (nSPS) is 17.7. The van der Waals surface area contributed by atoms with Crippen LogP contribution in [0.5, 0.6) is 0 Å². The van der Waals surface area contributed by atoms with Gasteiger partial charge in [0, 0.05) is 6.42 Å². The molecule has 0 aromatic carbocycles. The molecule has 1 fully saturated rings. The number of allylic oxidation sites excluding steroid dienone is 5. The molecule has 1 amide bonds. The lowest BCUT2D eigenvalue weighted by molar-refractivity contribution is -0.302. The van der Waals surface area contributed by atoms with Crippen LogP contribution in [0.2, 0.25) is 0 Å². The van der Waals surface area contributed by atoms with Gasteiger partial charge in [0.1, 0.15) is 24.4 Å². The van der Waals surface area contributed by atoms with Crippen LogP contribution in [0.25, 0.3) is 0 Å². The maximum absolute atomic E-state index is 13.2. The molecule has 9 heteroatoms. The number of hydrogen-bond acceptors (Lipinski definition) is 8.